The highest BCUT2D eigenvalue weighted by atomic mass is 32.2. The first-order valence-electron chi connectivity index (χ1n) is 8.62. The normalized spacial score (nSPS) is 13.1. The van der Waals surface area contributed by atoms with Crippen molar-refractivity contribution in [2.24, 2.45) is 0 Å². The molecule has 2 nitrogen and oxygen atoms in total. The van der Waals surface area contributed by atoms with Crippen LogP contribution in [0, 0.1) is 0 Å². The maximum Gasteiger partial charge on any atom is 0.319 e. The van der Waals surface area contributed by atoms with E-state index < -0.39 is 5.92 Å². The van der Waals surface area contributed by atoms with E-state index in [-0.39, 0.29) is 24.1 Å². The molecule has 0 heterocycles. The van der Waals surface area contributed by atoms with Crippen LogP contribution in [-0.4, -0.2) is 29.5 Å². The van der Waals surface area contributed by atoms with E-state index in [0.717, 1.165) is 32.1 Å². The van der Waals surface area contributed by atoms with Gasteiger partial charge in [-0.05, 0) is 25.0 Å². The van der Waals surface area contributed by atoms with Gasteiger partial charge in [0.05, 0.1) is 6.61 Å². The van der Waals surface area contributed by atoms with Crippen LogP contribution in [0.25, 0.3) is 0 Å². The first kappa shape index (κ1) is 21.7. The zero-order valence-corrected chi connectivity index (χ0v) is 15.2. The number of esters is 1. The zero-order valence-electron chi connectivity index (χ0n) is 14.3. The second-order valence-corrected chi connectivity index (χ2v) is 7.04. The van der Waals surface area contributed by atoms with Gasteiger partial charge in [-0.1, -0.05) is 46.5 Å². The van der Waals surface area contributed by atoms with Crippen LogP contribution in [0.2, 0.25) is 0 Å². The van der Waals surface area contributed by atoms with Crippen LogP contribution in [-0.2, 0) is 9.53 Å². The summed E-state index contributed by atoms with van der Waals surface area (Å²) >= 11 is 1.48. The lowest BCUT2D eigenvalue weighted by Crippen LogP contribution is -2.22. The van der Waals surface area contributed by atoms with Crippen molar-refractivity contribution in [3.63, 3.8) is 0 Å². The van der Waals surface area contributed by atoms with Gasteiger partial charge >= 0.3 is 5.97 Å². The number of rotatable bonds is 14. The van der Waals surface area contributed by atoms with Crippen LogP contribution in [0.3, 0.4) is 0 Å². The highest BCUT2D eigenvalue weighted by Crippen LogP contribution is 2.28. The second kappa shape index (κ2) is 13.1. The molecule has 0 aliphatic heterocycles. The average Bonchev–Trinajstić information content (AvgIpc) is 2.46. The van der Waals surface area contributed by atoms with Gasteiger partial charge in [0, 0.05) is 12.8 Å². The van der Waals surface area contributed by atoms with E-state index in [1.165, 1.54) is 11.8 Å². The van der Waals surface area contributed by atoms with E-state index in [2.05, 4.69) is 6.92 Å². The maximum absolute atomic E-state index is 13.4. The Hall–Kier alpha value is -0.320. The van der Waals surface area contributed by atoms with Gasteiger partial charge in [-0.15, -0.1) is 11.8 Å². The lowest BCUT2D eigenvalue weighted by atomic mass is 10.1. The van der Waals surface area contributed by atoms with Crippen LogP contribution in [0.15, 0.2) is 0 Å². The SMILES string of the molecule is CCCCOC(=O)C(CCCC)SCCCC(F)(F)CCC. The molecule has 0 spiro atoms. The Bertz CT molecular complexity index is 286. The first-order chi connectivity index (χ1) is 10.5. The lowest BCUT2D eigenvalue weighted by Gasteiger charge is -2.17. The Kier molecular flexibility index (Phi) is 13.0. The maximum atomic E-state index is 13.4. The third kappa shape index (κ3) is 11.3. The molecule has 0 rings (SSSR count). The van der Waals surface area contributed by atoms with Crippen molar-refractivity contribution in [3.8, 4) is 0 Å². The van der Waals surface area contributed by atoms with E-state index in [1.54, 1.807) is 6.92 Å². The molecule has 0 aliphatic rings. The molecule has 0 amide bonds. The number of alkyl halides is 2. The molecule has 0 aromatic heterocycles. The molecule has 0 saturated carbocycles. The number of carbonyl (C=O) groups excluding carboxylic acids is 1. The fourth-order valence-electron chi connectivity index (χ4n) is 2.12. The Morgan fingerprint density at radius 3 is 2.32 bits per heavy atom. The van der Waals surface area contributed by atoms with E-state index in [1.807, 2.05) is 6.92 Å². The van der Waals surface area contributed by atoms with Gasteiger partial charge in [-0.2, -0.15) is 0 Å². The van der Waals surface area contributed by atoms with Crippen molar-refractivity contribution in [1.29, 1.82) is 0 Å². The minimum absolute atomic E-state index is 0.0456. The summed E-state index contributed by atoms with van der Waals surface area (Å²) in [6.07, 6.45) is 5.45. The van der Waals surface area contributed by atoms with Gasteiger partial charge in [0.2, 0.25) is 5.92 Å². The molecule has 5 heteroatoms. The van der Waals surface area contributed by atoms with Crippen molar-refractivity contribution in [3.05, 3.63) is 0 Å². The number of thioether (sulfide) groups is 1. The predicted octanol–water partition coefficient (Wildman–Crippen LogP) is 5.84. The molecule has 0 aromatic rings. The Morgan fingerprint density at radius 1 is 1.05 bits per heavy atom. The van der Waals surface area contributed by atoms with Crippen molar-refractivity contribution in [2.45, 2.75) is 89.7 Å². The second-order valence-electron chi connectivity index (χ2n) is 5.73. The standard InChI is InChI=1S/C17H32F2O2S/c1-4-7-10-15(16(20)21-13-8-5-2)22-14-9-12-17(18,19)11-6-3/h15H,4-14H2,1-3H3. The Morgan fingerprint density at radius 2 is 1.73 bits per heavy atom. The molecular formula is C17H32F2O2S. The monoisotopic (exact) mass is 338 g/mol. The van der Waals surface area contributed by atoms with Gasteiger partial charge in [0.25, 0.3) is 0 Å². The molecule has 0 aliphatic carbocycles. The minimum Gasteiger partial charge on any atom is -0.465 e. The molecule has 0 bridgehead atoms. The molecule has 0 saturated heterocycles. The van der Waals surface area contributed by atoms with E-state index in [9.17, 15) is 13.6 Å². The number of hydrogen-bond donors (Lipinski definition) is 0. The molecule has 22 heavy (non-hydrogen) atoms. The summed E-state index contributed by atoms with van der Waals surface area (Å²) in [4.78, 5) is 12.0. The van der Waals surface area contributed by atoms with Crippen molar-refractivity contribution >= 4 is 17.7 Å². The van der Waals surface area contributed by atoms with Crippen molar-refractivity contribution in [2.75, 3.05) is 12.4 Å². The number of unbranched alkanes of at least 4 members (excludes halogenated alkanes) is 2. The number of halogens is 2. The smallest absolute Gasteiger partial charge is 0.319 e. The van der Waals surface area contributed by atoms with Gasteiger partial charge in [-0.25, -0.2) is 8.78 Å². The predicted molar refractivity (Wildman–Crippen MR) is 90.7 cm³/mol. The van der Waals surface area contributed by atoms with Gasteiger partial charge in [0.15, 0.2) is 0 Å². The third-order valence-electron chi connectivity index (χ3n) is 3.45. The van der Waals surface area contributed by atoms with Crippen LogP contribution < -0.4 is 0 Å². The molecule has 132 valence electrons. The fraction of sp³-hybridized carbons (Fsp3) is 0.941. The zero-order chi connectivity index (χ0) is 16.8. The molecule has 1 atom stereocenters. The van der Waals surface area contributed by atoms with Gasteiger partial charge < -0.3 is 4.74 Å². The third-order valence-corrected chi connectivity index (χ3v) is 4.80. The summed E-state index contributed by atoms with van der Waals surface area (Å²) in [5.41, 5.74) is 0. The average molecular weight is 339 g/mol. The van der Waals surface area contributed by atoms with Crippen molar-refractivity contribution in [1.82, 2.24) is 0 Å². The van der Waals surface area contributed by atoms with Crippen LogP contribution in [0.4, 0.5) is 8.78 Å². The molecule has 1 unspecified atom stereocenters. The summed E-state index contributed by atoms with van der Waals surface area (Å²) in [5, 5.41) is -0.198. The van der Waals surface area contributed by atoms with E-state index in [4.69, 9.17) is 4.74 Å². The molecule has 0 N–H and O–H groups in total. The highest BCUT2D eigenvalue weighted by molar-refractivity contribution is 8.00. The summed E-state index contributed by atoms with van der Waals surface area (Å²) in [6.45, 7) is 6.37. The number of hydrogen-bond acceptors (Lipinski definition) is 3. The quantitative estimate of drug-likeness (QED) is 0.294. The van der Waals surface area contributed by atoms with Gasteiger partial charge in [0.1, 0.15) is 5.25 Å². The van der Waals surface area contributed by atoms with Crippen molar-refractivity contribution < 1.29 is 18.3 Å². The van der Waals surface area contributed by atoms with E-state index >= 15 is 0 Å². The fourth-order valence-corrected chi connectivity index (χ4v) is 3.25. The molecule has 0 fully saturated rings. The highest BCUT2D eigenvalue weighted by Gasteiger charge is 2.27. The summed E-state index contributed by atoms with van der Waals surface area (Å²) in [6, 6.07) is 0. The van der Waals surface area contributed by atoms with Crippen LogP contribution in [0.5, 0.6) is 0 Å². The van der Waals surface area contributed by atoms with Gasteiger partial charge in [-0.3, -0.25) is 4.79 Å². The topological polar surface area (TPSA) is 26.3 Å². The summed E-state index contributed by atoms with van der Waals surface area (Å²) in [7, 11) is 0. The molecule has 0 radical (unpaired) electrons. The van der Waals surface area contributed by atoms with Crippen LogP contribution >= 0.6 is 11.8 Å². The van der Waals surface area contributed by atoms with E-state index in [0.29, 0.717) is 25.2 Å². The number of ether oxygens (including phenoxy) is 1. The Balaban J connectivity index is 4.10. The lowest BCUT2D eigenvalue weighted by molar-refractivity contribution is -0.143. The minimum atomic E-state index is -2.56. The summed E-state index contributed by atoms with van der Waals surface area (Å²) < 4.78 is 32.1. The largest absolute Gasteiger partial charge is 0.465 e. The summed E-state index contributed by atoms with van der Waals surface area (Å²) in [5.74, 6) is -2.14. The molecule has 0 aromatic carbocycles. The first-order valence-corrected chi connectivity index (χ1v) is 9.67. The van der Waals surface area contributed by atoms with Crippen LogP contribution in [0.1, 0.15) is 78.6 Å². The Labute approximate surface area is 138 Å². The molecular weight excluding hydrogens is 306 g/mol. The number of carbonyl (C=O) groups is 1.